The Kier molecular flexibility index (Phi) is 3.63. The summed E-state index contributed by atoms with van der Waals surface area (Å²) in [4.78, 5) is 2.59. The van der Waals surface area contributed by atoms with E-state index in [1.807, 2.05) is 11.8 Å². The summed E-state index contributed by atoms with van der Waals surface area (Å²) < 4.78 is 5.84. The van der Waals surface area contributed by atoms with Gasteiger partial charge in [0.05, 0.1) is 6.61 Å². The quantitative estimate of drug-likeness (QED) is 0.722. The molecule has 0 bridgehead atoms. The molecule has 0 N–H and O–H groups in total. The van der Waals surface area contributed by atoms with E-state index in [0.29, 0.717) is 16.9 Å². The first-order valence-corrected chi connectivity index (χ1v) is 7.32. The largest absolute Gasteiger partial charge is 0.367 e. The van der Waals surface area contributed by atoms with Crippen LogP contribution in [-0.2, 0) is 4.74 Å². The molecule has 1 spiro atoms. The molecule has 88 valence electrons. The number of piperidine rings is 1. The molecule has 0 aromatic heterocycles. The Morgan fingerprint density at radius 2 is 2.00 bits per heavy atom. The zero-order valence-corrected chi connectivity index (χ0v) is 11.0. The molecule has 2 nitrogen and oxygen atoms in total. The van der Waals surface area contributed by atoms with Gasteiger partial charge in [-0.25, -0.2) is 0 Å². The third-order valence-corrected chi connectivity index (χ3v) is 4.86. The second-order valence-electron chi connectivity index (χ2n) is 5.31. The van der Waals surface area contributed by atoms with Gasteiger partial charge in [0.25, 0.3) is 0 Å². The van der Waals surface area contributed by atoms with Gasteiger partial charge >= 0.3 is 0 Å². The number of ether oxygens (including phenoxy) is 1. The number of nitrogens with zero attached hydrogens (tertiary/aromatic N) is 1. The molecule has 0 aromatic rings. The van der Waals surface area contributed by atoms with Crippen LogP contribution in [0.25, 0.3) is 0 Å². The van der Waals surface area contributed by atoms with E-state index in [-0.39, 0.29) is 0 Å². The zero-order valence-electron chi connectivity index (χ0n) is 10.2. The first-order valence-electron chi connectivity index (χ1n) is 6.04. The fourth-order valence-corrected chi connectivity index (χ4v) is 3.48. The van der Waals surface area contributed by atoms with Crippen LogP contribution >= 0.6 is 11.8 Å². The average molecular weight is 229 g/mol. The SMILES string of the molecule is CSC1CC2(CCN(C(C)C)CC2)CO1. The summed E-state index contributed by atoms with van der Waals surface area (Å²) in [6.45, 7) is 8.14. The molecule has 3 heteroatoms. The van der Waals surface area contributed by atoms with Crippen LogP contribution in [-0.4, -0.2) is 42.3 Å². The Morgan fingerprint density at radius 1 is 1.33 bits per heavy atom. The lowest BCUT2D eigenvalue weighted by molar-refractivity contribution is 0.0646. The predicted molar refractivity (Wildman–Crippen MR) is 66.2 cm³/mol. The molecular formula is C12H23NOS. The highest BCUT2D eigenvalue weighted by molar-refractivity contribution is 7.99. The number of hydrogen-bond donors (Lipinski definition) is 0. The molecule has 15 heavy (non-hydrogen) atoms. The monoisotopic (exact) mass is 229 g/mol. The smallest absolute Gasteiger partial charge is 0.103 e. The van der Waals surface area contributed by atoms with Crippen molar-refractivity contribution in [2.45, 2.75) is 44.6 Å². The van der Waals surface area contributed by atoms with Gasteiger partial charge in [-0.1, -0.05) is 0 Å². The van der Waals surface area contributed by atoms with Crippen LogP contribution in [0.4, 0.5) is 0 Å². The molecule has 2 rings (SSSR count). The van der Waals surface area contributed by atoms with E-state index in [1.165, 1.54) is 32.4 Å². The molecule has 1 atom stereocenters. The molecule has 2 fully saturated rings. The molecule has 0 saturated carbocycles. The van der Waals surface area contributed by atoms with Crippen molar-refractivity contribution in [1.29, 1.82) is 0 Å². The van der Waals surface area contributed by atoms with Crippen molar-refractivity contribution in [2.24, 2.45) is 5.41 Å². The minimum Gasteiger partial charge on any atom is -0.367 e. The number of thioether (sulfide) groups is 1. The first-order chi connectivity index (χ1) is 7.15. The zero-order chi connectivity index (χ0) is 10.9. The van der Waals surface area contributed by atoms with Crippen LogP contribution in [0.5, 0.6) is 0 Å². The molecule has 2 saturated heterocycles. The third-order valence-electron chi connectivity index (χ3n) is 4.03. The Hall–Kier alpha value is 0.270. The third kappa shape index (κ3) is 2.51. The van der Waals surface area contributed by atoms with Crippen LogP contribution in [0, 0.1) is 5.41 Å². The van der Waals surface area contributed by atoms with E-state index in [4.69, 9.17) is 4.74 Å². The topological polar surface area (TPSA) is 12.5 Å². The van der Waals surface area contributed by atoms with E-state index in [9.17, 15) is 0 Å². The van der Waals surface area contributed by atoms with E-state index >= 15 is 0 Å². The van der Waals surface area contributed by atoms with Crippen molar-refractivity contribution in [2.75, 3.05) is 26.0 Å². The van der Waals surface area contributed by atoms with Crippen LogP contribution in [0.3, 0.4) is 0 Å². The maximum atomic E-state index is 5.84. The number of hydrogen-bond acceptors (Lipinski definition) is 3. The van der Waals surface area contributed by atoms with Crippen molar-refractivity contribution in [1.82, 2.24) is 4.90 Å². The fourth-order valence-electron chi connectivity index (χ4n) is 2.76. The minimum absolute atomic E-state index is 0.468. The standard InChI is InChI=1S/C12H23NOS/c1-10(2)13-6-4-12(5-7-13)8-11(15-3)14-9-12/h10-11H,4-9H2,1-3H3. The molecule has 2 aliphatic heterocycles. The van der Waals surface area contributed by atoms with Crippen LogP contribution in [0.2, 0.25) is 0 Å². The van der Waals surface area contributed by atoms with Crippen molar-refractivity contribution < 1.29 is 4.74 Å². The molecule has 0 aromatic carbocycles. The van der Waals surface area contributed by atoms with Gasteiger partial charge < -0.3 is 9.64 Å². The lowest BCUT2D eigenvalue weighted by Crippen LogP contribution is -2.43. The van der Waals surface area contributed by atoms with E-state index < -0.39 is 0 Å². The van der Waals surface area contributed by atoms with Gasteiger partial charge in [-0.2, -0.15) is 0 Å². The van der Waals surface area contributed by atoms with Gasteiger partial charge in [-0.3, -0.25) is 0 Å². The van der Waals surface area contributed by atoms with Gasteiger partial charge in [-0.05, 0) is 57.9 Å². The number of rotatable bonds is 2. The van der Waals surface area contributed by atoms with Crippen molar-refractivity contribution in [3.05, 3.63) is 0 Å². The second-order valence-corrected chi connectivity index (χ2v) is 6.31. The van der Waals surface area contributed by atoms with Crippen LogP contribution < -0.4 is 0 Å². The minimum atomic E-state index is 0.468. The summed E-state index contributed by atoms with van der Waals surface area (Å²) >= 11 is 1.87. The van der Waals surface area contributed by atoms with Gasteiger partial charge in [0.15, 0.2) is 0 Å². The van der Waals surface area contributed by atoms with E-state index in [0.717, 1.165) is 6.61 Å². The van der Waals surface area contributed by atoms with E-state index in [1.54, 1.807) is 0 Å². The first kappa shape index (κ1) is 11.7. The van der Waals surface area contributed by atoms with Crippen molar-refractivity contribution in [3.8, 4) is 0 Å². The van der Waals surface area contributed by atoms with Gasteiger partial charge in [0.2, 0.25) is 0 Å². The van der Waals surface area contributed by atoms with Crippen molar-refractivity contribution >= 4 is 11.8 Å². The van der Waals surface area contributed by atoms with E-state index in [2.05, 4.69) is 25.0 Å². The maximum absolute atomic E-state index is 5.84. The predicted octanol–water partition coefficient (Wildman–Crippen LogP) is 2.59. The molecule has 2 heterocycles. The molecule has 1 unspecified atom stereocenters. The van der Waals surface area contributed by atoms with Crippen LogP contribution in [0.15, 0.2) is 0 Å². The summed E-state index contributed by atoms with van der Waals surface area (Å²) in [7, 11) is 0. The van der Waals surface area contributed by atoms with Gasteiger partial charge in [0.1, 0.15) is 5.44 Å². The molecule has 2 aliphatic rings. The highest BCUT2D eigenvalue weighted by Gasteiger charge is 2.42. The van der Waals surface area contributed by atoms with Gasteiger partial charge in [0, 0.05) is 6.04 Å². The summed E-state index contributed by atoms with van der Waals surface area (Å²) in [5.41, 5.74) is 0.995. The lowest BCUT2D eigenvalue weighted by Gasteiger charge is -2.40. The summed E-state index contributed by atoms with van der Waals surface area (Å²) in [5.74, 6) is 0. The van der Waals surface area contributed by atoms with Gasteiger partial charge in [-0.15, -0.1) is 11.8 Å². The fraction of sp³-hybridized carbons (Fsp3) is 1.00. The lowest BCUT2D eigenvalue weighted by atomic mass is 9.77. The molecule has 0 aliphatic carbocycles. The number of likely N-dealkylation sites (tertiary alicyclic amines) is 1. The Labute approximate surface area is 97.7 Å². The Bertz CT molecular complexity index is 212. The Balaban J connectivity index is 1.87. The second kappa shape index (κ2) is 4.64. The normalized spacial score (nSPS) is 31.6. The summed E-state index contributed by atoms with van der Waals surface area (Å²) in [5, 5.41) is 0. The molecule has 0 radical (unpaired) electrons. The molecule has 0 amide bonds. The summed E-state index contributed by atoms with van der Waals surface area (Å²) in [6, 6.07) is 0.709. The highest BCUT2D eigenvalue weighted by atomic mass is 32.2. The highest BCUT2D eigenvalue weighted by Crippen LogP contribution is 2.44. The Morgan fingerprint density at radius 3 is 2.47 bits per heavy atom. The summed E-state index contributed by atoms with van der Waals surface area (Å²) in [6.07, 6.45) is 6.11. The maximum Gasteiger partial charge on any atom is 0.103 e. The van der Waals surface area contributed by atoms with Crippen molar-refractivity contribution in [3.63, 3.8) is 0 Å². The molecular weight excluding hydrogens is 206 g/mol. The average Bonchev–Trinajstić information content (AvgIpc) is 2.62. The van der Waals surface area contributed by atoms with Crippen LogP contribution in [0.1, 0.15) is 33.1 Å².